The van der Waals surface area contributed by atoms with Gasteiger partial charge in [-0.1, -0.05) is 157 Å². The Bertz CT molecular complexity index is 5080. The number of primary amides is 2. The first-order valence-corrected chi connectivity index (χ1v) is 46.8. The van der Waals surface area contributed by atoms with Gasteiger partial charge in [0.15, 0.2) is 11.6 Å². The molecule has 6 aromatic rings. The number of nitrogens with one attached hydrogen (secondary N) is 10. The van der Waals surface area contributed by atoms with Crippen LogP contribution in [0.1, 0.15) is 159 Å². The third-order valence-electron chi connectivity index (χ3n) is 23.5. The van der Waals surface area contributed by atoms with Gasteiger partial charge < -0.3 is 98.3 Å². The van der Waals surface area contributed by atoms with Gasteiger partial charge in [0, 0.05) is 76.0 Å². The lowest BCUT2D eigenvalue weighted by molar-refractivity contribution is -0.145. The van der Waals surface area contributed by atoms with E-state index in [4.69, 9.17) is 35.2 Å². The van der Waals surface area contributed by atoms with Gasteiger partial charge in [-0.3, -0.25) is 71.9 Å². The Hall–Kier alpha value is -12.7. The van der Waals surface area contributed by atoms with Gasteiger partial charge in [-0.05, 0) is 143 Å². The van der Waals surface area contributed by atoms with Gasteiger partial charge in [0.25, 0.3) is 0 Å². The topological polar surface area (TPSA) is 515 Å². The molecule has 1 unspecified atom stereocenters. The molecule has 1 fully saturated rings. The van der Waals surface area contributed by atoms with E-state index in [1.54, 1.807) is 139 Å². The average molecular weight is 1870 g/mol. The molecule has 6 aromatic carbocycles. The second kappa shape index (κ2) is 52.7. The molecule has 0 aromatic heterocycles. The van der Waals surface area contributed by atoms with Crippen molar-refractivity contribution in [2.45, 2.75) is 231 Å². The van der Waals surface area contributed by atoms with E-state index in [0.29, 0.717) is 63.3 Å². The number of fused-ring (bicyclic) bond motifs is 40. The van der Waals surface area contributed by atoms with Crippen molar-refractivity contribution in [3.8, 4) is 11.5 Å². The maximum absolute atomic E-state index is 15.5. The highest BCUT2D eigenvalue weighted by molar-refractivity contribution is 7.98. The van der Waals surface area contributed by atoms with Crippen molar-refractivity contribution in [1.29, 1.82) is 0 Å². The summed E-state index contributed by atoms with van der Waals surface area (Å²) in [5.41, 5.74) is 15.7. The highest BCUT2D eigenvalue weighted by atomic mass is 32.2. The zero-order valence-electron chi connectivity index (χ0n) is 77.1. The number of Topliss-reactive ketones (excluding diaryl/α,β-unsaturated/α-hetero) is 2. The number of carboxylic acids is 1. The van der Waals surface area contributed by atoms with Crippen LogP contribution in [0.5, 0.6) is 11.5 Å². The Kier molecular flexibility index (Phi) is 41.3. The average Bonchev–Trinajstić information content (AvgIpc) is 1.15. The number of carbonyl (C=O) groups is 16. The van der Waals surface area contributed by atoms with E-state index in [1.807, 2.05) is 42.5 Å². The summed E-state index contributed by atoms with van der Waals surface area (Å²) >= 11 is 1.26. The van der Waals surface area contributed by atoms with E-state index >= 15 is 14.4 Å². The molecule has 0 aliphatic carbocycles. The number of nitrogens with two attached hydrogens (primary N) is 2. The molecule has 722 valence electrons. The molecular weight excluding hydrogens is 1740 g/mol. The number of rotatable bonds is 25. The molecule has 0 saturated carbocycles. The van der Waals surface area contributed by atoms with E-state index < -0.39 is 211 Å². The van der Waals surface area contributed by atoms with Crippen LogP contribution in [0.3, 0.4) is 0 Å². The number of ketones is 2. The Labute approximate surface area is 784 Å². The molecule has 0 spiro atoms. The lowest BCUT2D eigenvalue weighted by Gasteiger charge is -2.32. The minimum Gasteiger partial charge on any atom is -0.489 e. The number of thioether (sulfide) groups is 1. The van der Waals surface area contributed by atoms with Crippen molar-refractivity contribution in [3.63, 3.8) is 0 Å². The number of carbonyl (C=O) groups excluding carboxylic acids is 15. The molecule has 5 aliphatic rings. The summed E-state index contributed by atoms with van der Waals surface area (Å²) in [6.45, 7) is 14.0. The number of benzene rings is 6. The fraction of sp³-hybridized carbons (Fsp3) is 0.490. The Morgan fingerprint density at radius 1 is 0.560 bits per heavy atom. The second-order valence-corrected chi connectivity index (χ2v) is 36.0. The summed E-state index contributed by atoms with van der Waals surface area (Å²) in [6.07, 6.45) is -2.82. The van der Waals surface area contributed by atoms with Crippen molar-refractivity contribution in [2.75, 3.05) is 51.9 Å². The van der Waals surface area contributed by atoms with E-state index in [9.17, 15) is 67.4 Å². The predicted molar refractivity (Wildman–Crippen MR) is 498 cm³/mol. The standard InChI is InChI=1S/C98H127N13O22S/c1-9-59(6)88-96(125)109-80(98(127)128)49-64-26-30-71(31-27-64)133-54-66-44-65-45-67(46-66)55-134-56-81(84(114)51-73(58(4)5)97(126)111-37-16-23-82(111)95(124)108-77(43-57(2)3)92(121)104-74(90(119)110-88)32-34-85(99)115)103-87(117)35-33-83(113)75(47-62-17-11-10-12-18-62)105-94(123)79(52-86(100)116)107-93(122)78(50-69-21-15-20-68-19-13-14-22-72(68)69)106-89(118)60(7)102-91(120)76(48-63-24-28-70(29-25-63)132-53-65)101-36-38-129-39-40-130-41-42-131-61(8)112/h10-15,17-22,24-31,44-46,57-60,73-82,88,101H,9,16,23,32-43,47-56H2,1-8H3,(H2,99,115)(H2,100,116)(H,102,120)(H,103,117)(H,104,121)(H,105,123)(H,106,118)(H,107,122)(H,108,124)(H,109,125)(H,110,119)(H,127,128)/t59-,60-,73+,74-,75+,76-,77+,78-,79+,80+,81+,82+,88?/m1/s1. The molecule has 35 nitrogen and oxygen atoms in total. The molecule has 36 heteroatoms. The summed E-state index contributed by atoms with van der Waals surface area (Å²) < 4.78 is 29.1. The van der Waals surface area contributed by atoms with Crippen molar-refractivity contribution < 1.29 is 106 Å². The van der Waals surface area contributed by atoms with E-state index in [-0.39, 0.29) is 122 Å². The summed E-state index contributed by atoms with van der Waals surface area (Å²) in [4.78, 5) is 229. The normalized spacial score (nSPS) is 23.0. The van der Waals surface area contributed by atoms with Gasteiger partial charge in [-0.15, -0.1) is 0 Å². The minimum absolute atomic E-state index is 0.0146. The van der Waals surface area contributed by atoms with Gasteiger partial charge in [-0.25, -0.2) is 4.79 Å². The van der Waals surface area contributed by atoms with Crippen LogP contribution in [0.25, 0.3) is 10.8 Å². The molecule has 5 aliphatic heterocycles. The number of aliphatic carboxylic acids is 1. The largest absolute Gasteiger partial charge is 0.489 e. The first kappa shape index (κ1) is 105. The third-order valence-corrected chi connectivity index (χ3v) is 24.6. The Morgan fingerprint density at radius 2 is 1.15 bits per heavy atom. The minimum atomic E-state index is -1.78. The lowest BCUT2D eigenvalue weighted by atomic mass is 9.87. The first-order valence-electron chi connectivity index (χ1n) is 45.6. The summed E-state index contributed by atoms with van der Waals surface area (Å²) in [5, 5.41) is 39.9. The number of amides is 12. The van der Waals surface area contributed by atoms with E-state index in [2.05, 4.69) is 53.2 Å². The molecule has 1 saturated heterocycles. The zero-order chi connectivity index (χ0) is 97.1. The van der Waals surface area contributed by atoms with Gasteiger partial charge in [0.2, 0.25) is 70.9 Å². The number of hydrogen-bond acceptors (Lipinski definition) is 23. The van der Waals surface area contributed by atoms with E-state index in [0.717, 1.165) is 10.8 Å². The van der Waals surface area contributed by atoms with Crippen LogP contribution >= 0.6 is 11.8 Å². The fourth-order valence-electron chi connectivity index (χ4n) is 16.0. The molecule has 12 amide bonds. The number of carboxylic acid groups (broad SMARTS) is 1. The molecule has 5 heterocycles. The lowest BCUT2D eigenvalue weighted by Crippen LogP contribution is -2.60. The van der Waals surface area contributed by atoms with Crippen LogP contribution in [0.4, 0.5) is 0 Å². The van der Waals surface area contributed by atoms with Gasteiger partial charge in [0.1, 0.15) is 79.7 Å². The van der Waals surface area contributed by atoms with Crippen LogP contribution in [0.2, 0.25) is 0 Å². The molecular formula is C98H127N13O22S. The molecule has 13 atom stereocenters. The summed E-state index contributed by atoms with van der Waals surface area (Å²) in [7, 11) is 0. The van der Waals surface area contributed by atoms with Crippen molar-refractivity contribution in [3.05, 3.63) is 178 Å². The van der Waals surface area contributed by atoms with Crippen LogP contribution < -0.4 is 74.1 Å². The monoisotopic (exact) mass is 1870 g/mol. The van der Waals surface area contributed by atoms with Crippen LogP contribution in [-0.4, -0.2) is 223 Å². The molecule has 11 rings (SSSR count). The fourth-order valence-corrected chi connectivity index (χ4v) is 17.0. The van der Waals surface area contributed by atoms with Crippen LogP contribution in [0.15, 0.2) is 140 Å². The highest BCUT2D eigenvalue weighted by Gasteiger charge is 2.43. The number of hydrogen-bond donors (Lipinski definition) is 13. The van der Waals surface area contributed by atoms with E-state index in [1.165, 1.54) is 30.5 Å². The van der Waals surface area contributed by atoms with Crippen LogP contribution in [-0.2, 0) is 136 Å². The van der Waals surface area contributed by atoms with Gasteiger partial charge in [0.05, 0.1) is 51.0 Å². The molecule has 15 N–H and O–H groups in total. The second-order valence-electron chi connectivity index (χ2n) is 35.0. The Balaban J connectivity index is 1.10. The number of nitrogens with zero attached hydrogens (tertiary/aromatic N) is 1. The zero-order valence-corrected chi connectivity index (χ0v) is 78.0. The quantitative estimate of drug-likeness (QED) is 0.0211. The number of ether oxygens (including phenoxy) is 5. The number of esters is 1. The van der Waals surface area contributed by atoms with Crippen molar-refractivity contribution in [1.82, 2.24) is 58.1 Å². The predicted octanol–water partition coefficient (Wildman–Crippen LogP) is 4.66. The summed E-state index contributed by atoms with van der Waals surface area (Å²) in [5.74, 6) is -14.8. The molecule has 8 bridgehead atoms. The molecule has 0 radical (unpaired) electrons. The highest BCUT2D eigenvalue weighted by Crippen LogP contribution is 2.30. The van der Waals surface area contributed by atoms with Gasteiger partial charge >= 0.3 is 11.9 Å². The van der Waals surface area contributed by atoms with Crippen molar-refractivity contribution >= 4 is 117 Å². The van der Waals surface area contributed by atoms with Gasteiger partial charge in [-0.2, -0.15) is 11.8 Å². The maximum atomic E-state index is 15.5. The maximum Gasteiger partial charge on any atom is 0.326 e. The SMILES string of the molecule is CC[C@@H](C)C1NC(=O)[C@@H](CCC(N)=O)NC(=O)[C@H](CC(C)C)NC(=O)[C@@H]2CCCN2C(=O)[C@H](C(C)C)CC(=O)[C@@H]2CSCc3cc(cc(c3)COc3ccc(cc3)C[C@@H](NCCOCCOCCOC(C)=O)C(=O)N[C@H](C)C(=O)N[C@H](Cc3cccc4ccccc34)C(=O)N[C@@H](CC(N)=O)C(=O)N[C@@H](Cc3ccccc3)C(=O)CCC(=O)N2)COc2ccc(cc2)C[C@@H](C(=O)O)NC1=O. The van der Waals surface area contributed by atoms with Crippen LogP contribution in [0, 0.1) is 23.7 Å². The summed E-state index contributed by atoms with van der Waals surface area (Å²) in [6, 6.07) is 25.0. The van der Waals surface area contributed by atoms with Crippen molar-refractivity contribution in [2.24, 2.45) is 35.1 Å². The first-order chi connectivity index (χ1) is 64.1. The molecule has 134 heavy (non-hydrogen) atoms. The third kappa shape index (κ3) is 33.5. The smallest absolute Gasteiger partial charge is 0.326 e. The Morgan fingerprint density at radius 3 is 1.79 bits per heavy atom.